The zero-order chi connectivity index (χ0) is 29.5. The minimum Gasteiger partial charge on any atom is -0.493 e. The Morgan fingerprint density at radius 2 is 1.95 bits per heavy atom. The number of likely N-dealkylation sites (tertiary alicyclic amines) is 1. The summed E-state index contributed by atoms with van der Waals surface area (Å²) in [5.41, 5.74) is 1.30. The minimum atomic E-state index is -1.04. The van der Waals surface area contributed by atoms with Crippen LogP contribution in [-0.2, 0) is 11.2 Å². The molecule has 1 fully saturated rings. The Balaban J connectivity index is 1.19. The van der Waals surface area contributed by atoms with E-state index in [0.717, 1.165) is 51.0 Å². The fraction of sp³-hybridized carbons (Fsp3) is 0.379. The van der Waals surface area contributed by atoms with E-state index in [1.807, 2.05) is 6.07 Å². The number of aromatic nitrogens is 4. The van der Waals surface area contributed by atoms with E-state index in [1.54, 1.807) is 19.2 Å². The van der Waals surface area contributed by atoms with Gasteiger partial charge in [-0.25, -0.2) is 18.7 Å². The molecule has 3 heterocycles. The third-order valence-corrected chi connectivity index (χ3v) is 7.19. The molecule has 0 spiro atoms. The molecule has 1 saturated heterocycles. The van der Waals surface area contributed by atoms with Crippen LogP contribution in [0.3, 0.4) is 0 Å². The maximum atomic E-state index is 13.4. The van der Waals surface area contributed by atoms with Crippen LogP contribution in [-0.4, -0.2) is 76.0 Å². The lowest BCUT2D eigenvalue weighted by Crippen LogP contribution is -2.35. The van der Waals surface area contributed by atoms with Gasteiger partial charge in [0.25, 0.3) is 0 Å². The standard InChI is InChI=1S/C29H33F2N7O4/c1-41-25-14-21-24(15-26(25)42-10-2-7-38-8-5-18(16-39)6-9-38)32-17-33-29(21)35-27-12-20(36-37-27)13-28(40)34-19-3-4-22(30)23(31)11-19/h3-4,11-12,14-15,17-18,39H,2,5-10,13,16H2,1H3,(H,34,40)(H2,32,33,35,36,37). The summed E-state index contributed by atoms with van der Waals surface area (Å²) in [6, 6.07) is 8.42. The van der Waals surface area contributed by atoms with E-state index in [4.69, 9.17) is 9.47 Å². The molecule has 42 heavy (non-hydrogen) atoms. The molecule has 222 valence electrons. The molecule has 13 heteroatoms. The number of carbonyl (C=O) groups excluding carboxylic acids is 1. The highest BCUT2D eigenvalue weighted by molar-refractivity contribution is 5.93. The number of H-pyrrole nitrogens is 1. The number of benzene rings is 2. The Morgan fingerprint density at radius 1 is 1.12 bits per heavy atom. The molecule has 1 aliphatic heterocycles. The smallest absolute Gasteiger partial charge is 0.230 e. The van der Waals surface area contributed by atoms with Crippen molar-refractivity contribution in [3.63, 3.8) is 0 Å². The van der Waals surface area contributed by atoms with Crippen molar-refractivity contribution in [2.75, 3.05) is 50.6 Å². The number of nitrogens with zero attached hydrogens (tertiary/aromatic N) is 4. The van der Waals surface area contributed by atoms with Crippen LogP contribution in [0.5, 0.6) is 11.5 Å². The summed E-state index contributed by atoms with van der Waals surface area (Å²) in [4.78, 5) is 23.5. The van der Waals surface area contributed by atoms with Crippen LogP contribution in [0.25, 0.3) is 10.9 Å². The minimum absolute atomic E-state index is 0.0618. The van der Waals surface area contributed by atoms with Crippen molar-refractivity contribution in [1.29, 1.82) is 0 Å². The Morgan fingerprint density at radius 3 is 2.71 bits per heavy atom. The van der Waals surface area contributed by atoms with Gasteiger partial charge in [-0.2, -0.15) is 5.10 Å². The van der Waals surface area contributed by atoms with Crippen LogP contribution in [0.1, 0.15) is 25.0 Å². The lowest BCUT2D eigenvalue weighted by Gasteiger charge is -2.30. The number of halogens is 2. The maximum Gasteiger partial charge on any atom is 0.230 e. The van der Waals surface area contributed by atoms with E-state index in [0.29, 0.717) is 52.3 Å². The molecule has 5 rings (SSSR count). The number of amides is 1. The number of hydrogen-bond donors (Lipinski definition) is 4. The van der Waals surface area contributed by atoms with Gasteiger partial charge in [-0.3, -0.25) is 9.89 Å². The molecule has 0 aliphatic carbocycles. The van der Waals surface area contributed by atoms with E-state index in [1.165, 1.54) is 12.4 Å². The maximum absolute atomic E-state index is 13.4. The molecule has 0 unspecified atom stereocenters. The van der Waals surface area contributed by atoms with Crippen LogP contribution in [0.15, 0.2) is 42.7 Å². The summed E-state index contributed by atoms with van der Waals surface area (Å²) in [6.45, 7) is 3.73. The molecule has 1 amide bonds. The van der Waals surface area contributed by atoms with Crippen molar-refractivity contribution in [3.8, 4) is 11.5 Å². The van der Waals surface area contributed by atoms with Crippen molar-refractivity contribution in [3.05, 3.63) is 60.1 Å². The van der Waals surface area contributed by atoms with Gasteiger partial charge >= 0.3 is 0 Å². The molecule has 2 aromatic carbocycles. The molecule has 2 aromatic heterocycles. The van der Waals surface area contributed by atoms with Gasteiger partial charge in [0.05, 0.1) is 25.7 Å². The molecule has 0 bridgehead atoms. The number of aliphatic hydroxyl groups is 1. The average Bonchev–Trinajstić information content (AvgIpc) is 3.43. The highest BCUT2D eigenvalue weighted by Gasteiger charge is 2.18. The summed E-state index contributed by atoms with van der Waals surface area (Å²) in [5, 5.41) is 22.7. The highest BCUT2D eigenvalue weighted by atomic mass is 19.2. The van der Waals surface area contributed by atoms with Crippen LogP contribution in [0.4, 0.5) is 26.1 Å². The third kappa shape index (κ3) is 7.28. The molecule has 4 aromatic rings. The van der Waals surface area contributed by atoms with Gasteiger partial charge < -0.3 is 30.1 Å². The number of piperidine rings is 1. The molecule has 0 radical (unpaired) electrons. The number of carbonyl (C=O) groups is 1. The first-order chi connectivity index (χ1) is 20.4. The van der Waals surface area contributed by atoms with Gasteiger partial charge in [0.2, 0.25) is 5.91 Å². The second-order valence-corrected chi connectivity index (χ2v) is 10.2. The first kappa shape index (κ1) is 29.1. The monoisotopic (exact) mass is 581 g/mol. The largest absolute Gasteiger partial charge is 0.493 e. The Labute approximate surface area is 241 Å². The second kappa shape index (κ2) is 13.5. The van der Waals surface area contributed by atoms with E-state index < -0.39 is 17.5 Å². The lowest BCUT2D eigenvalue weighted by molar-refractivity contribution is -0.115. The summed E-state index contributed by atoms with van der Waals surface area (Å²) >= 11 is 0. The van der Waals surface area contributed by atoms with Gasteiger partial charge in [-0.1, -0.05) is 0 Å². The van der Waals surface area contributed by atoms with Gasteiger partial charge in [-0.15, -0.1) is 0 Å². The number of hydrogen-bond acceptors (Lipinski definition) is 9. The van der Waals surface area contributed by atoms with E-state index in [9.17, 15) is 18.7 Å². The average molecular weight is 582 g/mol. The van der Waals surface area contributed by atoms with E-state index >= 15 is 0 Å². The fourth-order valence-electron chi connectivity index (χ4n) is 4.89. The van der Waals surface area contributed by atoms with Crippen molar-refractivity contribution in [2.45, 2.75) is 25.7 Å². The van der Waals surface area contributed by atoms with Crippen LogP contribution in [0.2, 0.25) is 0 Å². The SMILES string of the molecule is COc1cc2c(Nc3cc(CC(=O)Nc4ccc(F)c(F)c4)[nH]n3)ncnc2cc1OCCCN1CCC(CO)CC1. The van der Waals surface area contributed by atoms with Crippen molar-refractivity contribution in [2.24, 2.45) is 5.92 Å². The van der Waals surface area contributed by atoms with Crippen molar-refractivity contribution >= 4 is 34.1 Å². The molecule has 1 aliphatic rings. The van der Waals surface area contributed by atoms with Crippen molar-refractivity contribution < 1.29 is 28.2 Å². The molecule has 4 N–H and O–H groups in total. The van der Waals surface area contributed by atoms with Crippen molar-refractivity contribution in [1.82, 2.24) is 25.1 Å². The van der Waals surface area contributed by atoms with Gasteiger partial charge in [-0.05, 0) is 56.5 Å². The third-order valence-electron chi connectivity index (χ3n) is 7.19. The first-order valence-corrected chi connectivity index (χ1v) is 13.8. The summed E-state index contributed by atoms with van der Waals surface area (Å²) in [5.74, 6) is 0.00521. The number of fused-ring (bicyclic) bond motifs is 1. The molecule has 0 saturated carbocycles. The van der Waals surface area contributed by atoms with E-state index in [2.05, 4.69) is 35.7 Å². The van der Waals surface area contributed by atoms with Crippen LogP contribution in [0, 0.1) is 17.6 Å². The quantitative estimate of drug-likeness (QED) is 0.183. The number of methoxy groups -OCH3 is 1. The normalized spacial score (nSPS) is 14.2. The van der Waals surface area contributed by atoms with Gasteiger partial charge in [0.15, 0.2) is 29.0 Å². The Bertz CT molecular complexity index is 1530. The Hall–Kier alpha value is -4.36. The number of ether oxygens (including phenoxy) is 2. The first-order valence-electron chi connectivity index (χ1n) is 13.8. The summed E-state index contributed by atoms with van der Waals surface area (Å²) < 4.78 is 38.2. The fourth-order valence-corrected chi connectivity index (χ4v) is 4.89. The van der Waals surface area contributed by atoms with E-state index in [-0.39, 0.29) is 18.7 Å². The number of aliphatic hydroxyl groups excluding tert-OH is 1. The van der Waals surface area contributed by atoms with Crippen LogP contribution >= 0.6 is 0 Å². The zero-order valence-electron chi connectivity index (χ0n) is 23.2. The molecular weight excluding hydrogens is 548 g/mol. The molecule has 0 atom stereocenters. The number of anilines is 3. The number of nitrogens with one attached hydrogen (secondary N) is 3. The number of aromatic amines is 1. The topological polar surface area (TPSA) is 138 Å². The zero-order valence-corrected chi connectivity index (χ0v) is 23.2. The predicted octanol–water partition coefficient (Wildman–Crippen LogP) is 4.04. The highest BCUT2D eigenvalue weighted by Crippen LogP contribution is 2.34. The molecule has 11 nitrogen and oxygen atoms in total. The second-order valence-electron chi connectivity index (χ2n) is 10.2. The van der Waals surface area contributed by atoms with Gasteiger partial charge in [0, 0.05) is 48.1 Å². The summed E-state index contributed by atoms with van der Waals surface area (Å²) in [6.07, 6.45) is 4.29. The summed E-state index contributed by atoms with van der Waals surface area (Å²) in [7, 11) is 1.57. The van der Waals surface area contributed by atoms with Crippen LogP contribution < -0.4 is 20.1 Å². The lowest BCUT2D eigenvalue weighted by atomic mass is 9.98. The molecular formula is C29H33F2N7O4. The number of rotatable bonds is 12. The predicted molar refractivity (Wildman–Crippen MR) is 153 cm³/mol. The Kier molecular flexibility index (Phi) is 9.39. The van der Waals surface area contributed by atoms with Gasteiger partial charge in [0.1, 0.15) is 12.1 Å².